The van der Waals surface area contributed by atoms with Crippen molar-refractivity contribution in [2.24, 2.45) is 0 Å². The fourth-order valence-corrected chi connectivity index (χ4v) is 1.20. The highest BCUT2D eigenvalue weighted by Gasteiger charge is 2.12. The quantitative estimate of drug-likeness (QED) is 0.750. The molecule has 0 bridgehead atoms. The van der Waals surface area contributed by atoms with Crippen LogP contribution in [0.25, 0.3) is 0 Å². The number of aliphatic hydroxyl groups is 1. The Hall–Kier alpha value is -0.960. The molecule has 0 heterocycles. The zero-order chi connectivity index (χ0) is 10.0. The summed E-state index contributed by atoms with van der Waals surface area (Å²) < 4.78 is 26.3. The van der Waals surface area contributed by atoms with Crippen molar-refractivity contribution in [3.63, 3.8) is 0 Å². The van der Waals surface area contributed by atoms with E-state index in [2.05, 4.69) is 0 Å². The molecular formula is C10H12F2O. The van der Waals surface area contributed by atoms with Gasteiger partial charge in [-0.2, -0.15) is 0 Å². The maximum atomic E-state index is 13.3. The number of hydrogen-bond donors (Lipinski definition) is 1. The number of benzene rings is 1. The molecule has 1 rings (SSSR count). The normalized spacial score (nSPS) is 13.0. The zero-order valence-corrected chi connectivity index (χ0v) is 7.64. The van der Waals surface area contributed by atoms with E-state index in [1.807, 2.05) is 0 Å². The monoisotopic (exact) mass is 186 g/mol. The van der Waals surface area contributed by atoms with Crippen molar-refractivity contribution in [3.05, 3.63) is 34.9 Å². The van der Waals surface area contributed by atoms with E-state index in [4.69, 9.17) is 5.11 Å². The van der Waals surface area contributed by atoms with Crippen LogP contribution in [-0.4, -0.2) is 11.2 Å². The van der Waals surface area contributed by atoms with Crippen LogP contribution in [0.3, 0.4) is 0 Å². The summed E-state index contributed by atoms with van der Waals surface area (Å²) >= 11 is 0. The average molecular weight is 186 g/mol. The molecule has 0 aliphatic rings. The number of hydrogen-bond acceptors (Lipinski definition) is 1. The maximum Gasteiger partial charge on any atom is 0.132 e. The molecule has 1 aromatic rings. The van der Waals surface area contributed by atoms with Crippen LogP contribution in [0, 0.1) is 18.6 Å². The van der Waals surface area contributed by atoms with E-state index in [0.717, 1.165) is 0 Å². The highest BCUT2D eigenvalue weighted by Crippen LogP contribution is 2.17. The minimum absolute atomic E-state index is 0.0132. The first kappa shape index (κ1) is 10.1. The van der Waals surface area contributed by atoms with Gasteiger partial charge in [0.05, 0.1) is 6.10 Å². The van der Waals surface area contributed by atoms with E-state index >= 15 is 0 Å². The largest absolute Gasteiger partial charge is 0.393 e. The van der Waals surface area contributed by atoms with E-state index < -0.39 is 17.7 Å². The molecule has 1 atom stereocenters. The highest BCUT2D eigenvalue weighted by atomic mass is 19.1. The molecule has 0 aliphatic carbocycles. The summed E-state index contributed by atoms with van der Waals surface area (Å²) in [7, 11) is 0. The van der Waals surface area contributed by atoms with Crippen LogP contribution >= 0.6 is 0 Å². The summed E-state index contributed by atoms with van der Waals surface area (Å²) in [6.45, 7) is 3.07. The van der Waals surface area contributed by atoms with Gasteiger partial charge in [0.25, 0.3) is 0 Å². The van der Waals surface area contributed by atoms with Crippen molar-refractivity contribution in [1.29, 1.82) is 0 Å². The maximum absolute atomic E-state index is 13.3. The van der Waals surface area contributed by atoms with E-state index in [0.29, 0.717) is 5.56 Å². The topological polar surface area (TPSA) is 20.2 Å². The summed E-state index contributed by atoms with van der Waals surface area (Å²) in [4.78, 5) is 0. The molecule has 0 aromatic heterocycles. The molecule has 0 amide bonds. The van der Waals surface area contributed by atoms with Crippen molar-refractivity contribution in [2.45, 2.75) is 26.4 Å². The van der Waals surface area contributed by atoms with E-state index in [9.17, 15) is 8.78 Å². The summed E-state index contributed by atoms with van der Waals surface area (Å²) in [5.41, 5.74) is 0.368. The molecule has 0 spiro atoms. The van der Waals surface area contributed by atoms with Crippen LogP contribution in [-0.2, 0) is 6.42 Å². The van der Waals surface area contributed by atoms with Crippen LogP contribution in [0.2, 0.25) is 0 Å². The van der Waals surface area contributed by atoms with Gasteiger partial charge in [-0.1, -0.05) is 6.07 Å². The molecule has 0 radical (unpaired) electrons. The Balaban J connectivity index is 3.10. The van der Waals surface area contributed by atoms with Gasteiger partial charge in [0.1, 0.15) is 11.6 Å². The van der Waals surface area contributed by atoms with Crippen molar-refractivity contribution in [2.75, 3.05) is 0 Å². The second kappa shape index (κ2) is 3.83. The van der Waals surface area contributed by atoms with Crippen molar-refractivity contribution in [1.82, 2.24) is 0 Å². The average Bonchev–Trinajstić information content (AvgIpc) is 2.05. The molecule has 1 aromatic carbocycles. The van der Waals surface area contributed by atoms with Crippen LogP contribution in [0.1, 0.15) is 18.1 Å². The Kier molecular flexibility index (Phi) is 2.98. The molecular weight excluding hydrogens is 174 g/mol. The van der Waals surface area contributed by atoms with Crippen LogP contribution in [0.4, 0.5) is 8.78 Å². The Morgan fingerprint density at radius 3 is 2.54 bits per heavy atom. The van der Waals surface area contributed by atoms with Crippen molar-refractivity contribution in [3.8, 4) is 0 Å². The molecule has 0 saturated carbocycles. The van der Waals surface area contributed by atoms with Gasteiger partial charge in [0.2, 0.25) is 0 Å². The first-order valence-electron chi connectivity index (χ1n) is 4.14. The fourth-order valence-electron chi connectivity index (χ4n) is 1.20. The lowest BCUT2D eigenvalue weighted by atomic mass is 10.0. The van der Waals surface area contributed by atoms with E-state index in [-0.39, 0.29) is 12.0 Å². The fraction of sp³-hybridized carbons (Fsp3) is 0.400. The third-order valence-corrected chi connectivity index (χ3v) is 1.88. The number of aliphatic hydroxyl groups excluding tert-OH is 1. The van der Waals surface area contributed by atoms with Gasteiger partial charge >= 0.3 is 0 Å². The van der Waals surface area contributed by atoms with Crippen LogP contribution in [0.5, 0.6) is 0 Å². The second-order valence-electron chi connectivity index (χ2n) is 3.21. The van der Waals surface area contributed by atoms with Gasteiger partial charge in [-0.25, -0.2) is 8.78 Å². The van der Waals surface area contributed by atoms with Gasteiger partial charge in [0, 0.05) is 12.0 Å². The molecule has 1 N–H and O–H groups in total. The Morgan fingerprint density at radius 1 is 1.38 bits per heavy atom. The molecule has 0 aliphatic heterocycles. The number of halogens is 2. The van der Waals surface area contributed by atoms with E-state index in [1.165, 1.54) is 19.1 Å². The van der Waals surface area contributed by atoms with Gasteiger partial charge in [-0.05, 0) is 25.5 Å². The van der Waals surface area contributed by atoms with E-state index in [1.54, 1.807) is 6.92 Å². The van der Waals surface area contributed by atoms with Crippen LogP contribution in [0.15, 0.2) is 12.1 Å². The molecule has 72 valence electrons. The predicted octanol–water partition coefficient (Wildman–Crippen LogP) is 2.20. The van der Waals surface area contributed by atoms with Crippen LogP contribution < -0.4 is 0 Å². The molecule has 3 heteroatoms. The number of aryl methyl sites for hydroxylation is 1. The standard InChI is InChI=1S/C10H12F2O/c1-6-3-4-9(11)8(10(6)12)5-7(2)13/h3-4,7,13H,5H2,1-2H3. The molecule has 0 saturated heterocycles. The Labute approximate surface area is 76.0 Å². The smallest absolute Gasteiger partial charge is 0.132 e. The van der Waals surface area contributed by atoms with Gasteiger partial charge in [-0.15, -0.1) is 0 Å². The lowest BCUT2D eigenvalue weighted by Crippen LogP contribution is -2.09. The molecule has 1 unspecified atom stereocenters. The third kappa shape index (κ3) is 2.25. The second-order valence-corrected chi connectivity index (χ2v) is 3.21. The lowest BCUT2D eigenvalue weighted by Gasteiger charge is -2.08. The van der Waals surface area contributed by atoms with Crippen molar-refractivity contribution >= 4 is 0 Å². The minimum Gasteiger partial charge on any atom is -0.393 e. The summed E-state index contributed by atoms with van der Waals surface area (Å²) in [6.07, 6.45) is -0.718. The first-order valence-corrected chi connectivity index (χ1v) is 4.14. The van der Waals surface area contributed by atoms with Gasteiger partial charge in [-0.3, -0.25) is 0 Å². The number of rotatable bonds is 2. The first-order chi connectivity index (χ1) is 6.02. The van der Waals surface area contributed by atoms with Gasteiger partial charge in [0.15, 0.2) is 0 Å². The Morgan fingerprint density at radius 2 is 2.00 bits per heavy atom. The molecule has 13 heavy (non-hydrogen) atoms. The summed E-state index contributed by atoms with van der Waals surface area (Å²) in [5, 5.41) is 9.01. The highest BCUT2D eigenvalue weighted by molar-refractivity contribution is 5.26. The molecule has 0 fully saturated rings. The van der Waals surface area contributed by atoms with Gasteiger partial charge < -0.3 is 5.11 Å². The van der Waals surface area contributed by atoms with Crippen molar-refractivity contribution < 1.29 is 13.9 Å². The lowest BCUT2D eigenvalue weighted by molar-refractivity contribution is 0.192. The Bertz CT molecular complexity index is 308. The minimum atomic E-state index is -0.731. The summed E-state index contributed by atoms with van der Waals surface area (Å²) in [6, 6.07) is 2.60. The predicted molar refractivity (Wildman–Crippen MR) is 46.5 cm³/mol. The summed E-state index contributed by atoms with van der Waals surface area (Å²) in [5.74, 6) is -1.15. The SMILES string of the molecule is Cc1ccc(F)c(CC(C)O)c1F. The molecule has 1 nitrogen and oxygen atoms in total. The zero-order valence-electron chi connectivity index (χ0n) is 7.64. The third-order valence-electron chi connectivity index (χ3n) is 1.88.